The lowest BCUT2D eigenvalue weighted by atomic mass is 9.96. The van der Waals surface area contributed by atoms with E-state index in [2.05, 4.69) is 17.2 Å². The van der Waals surface area contributed by atoms with Crippen molar-refractivity contribution in [1.29, 1.82) is 0 Å². The minimum atomic E-state index is -0.639. The minimum absolute atomic E-state index is 0.0113. The quantitative estimate of drug-likeness (QED) is 0.288. The summed E-state index contributed by atoms with van der Waals surface area (Å²) in [7, 11) is 0. The van der Waals surface area contributed by atoms with Crippen LogP contribution in [0.1, 0.15) is 27.7 Å². The number of carbonyl (C=O) groups is 3. The predicted octanol–water partition coefficient (Wildman–Crippen LogP) is 1.60. The van der Waals surface area contributed by atoms with E-state index in [1.54, 1.807) is 13.8 Å². The number of alkyl carbamates (subject to hydrolysis) is 2. The number of nitrogens with one attached hydrogen (secondary N) is 2. The molecule has 2 N–H and O–H groups in total. The highest BCUT2D eigenvalue weighted by atomic mass is 16.6. The third-order valence-electron chi connectivity index (χ3n) is 2.38. The van der Waals surface area contributed by atoms with Gasteiger partial charge in [-0.1, -0.05) is 20.4 Å². The fourth-order valence-corrected chi connectivity index (χ4v) is 1.26. The molecule has 0 saturated carbocycles. The van der Waals surface area contributed by atoms with E-state index in [1.165, 1.54) is 0 Å². The average molecular weight is 330 g/mol. The molecule has 8 nitrogen and oxygen atoms in total. The Morgan fingerprint density at radius 3 is 2.17 bits per heavy atom. The summed E-state index contributed by atoms with van der Waals surface area (Å²) in [6.45, 7) is 10.8. The summed E-state index contributed by atoms with van der Waals surface area (Å²) in [6, 6.07) is -0.0113. The Balaban J connectivity index is 3.89. The molecule has 0 aromatic heterocycles. The van der Waals surface area contributed by atoms with Crippen LogP contribution in [-0.4, -0.2) is 50.6 Å². The van der Waals surface area contributed by atoms with Gasteiger partial charge < -0.3 is 24.8 Å². The van der Waals surface area contributed by atoms with Crippen LogP contribution in [-0.2, 0) is 19.0 Å². The minimum Gasteiger partial charge on any atom is -0.461 e. The summed E-state index contributed by atoms with van der Waals surface area (Å²) in [5, 5.41) is 5.03. The standard InChI is InChI=1S/C15H26N2O6/c1-6-12(18)21-8-7-16-13(19)22-9-15(4,5)10-23-14(20)17-11(2)3/h6,11H,1,7-10H2,2-5H3,(H,16,19)(H,17,20). The molecule has 0 aromatic rings. The van der Waals surface area contributed by atoms with Crippen LogP contribution < -0.4 is 10.6 Å². The second-order valence-electron chi connectivity index (χ2n) is 5.91. The molecule has 0 rings (SSSR count). The monoisotopic (exact) mass is 330 g/mol. The number of carbonyl (C=O) groups excluding carboxylic acids is 3. The lowest BCUT2D eigenvalue weighted by molar-refractivity contribution is -0.137. The molecule has 2 amide bonds. The number of esters is 1. The first-order valence-corrected chi connectivity index (χ1v) is 7.29. The maximum atomic E-state index is 11.5. The van der Waals surface area contributed by atoms with E-state index in [4.69, 9.17) is 14.2 Å². The number of hydrogen-bond acceptors (Lipinski definition) is 6. The van der Waals surface area contributed by atoms with Crippen molar-refractivity contribution in [2.24, 2.45) is 5.41 Å². The molecule has 0 saturated heterocycles. The molecule has 0 atom stereocenters. The van der Waals surface area contributed by atoms with E-state index in [0.29, 0.717) is 0 Å². The van der Waals surface area contributed by atoms with E-state index < -0.39 is 23.6 Å². The maximum absolute atomic E-state index is 11.5. The number of rotatable bonds is 9. The van der Waals surface area contributed by atoms with E-state index in [-0.39, 0.29) is 32.4 Å². The molecule has 8 heteroatoms. The van der Waals surface area contributed by atoms with Gasteiger partial charge in [0.2, 0.25) is 0 Å². The van der Waals surface area contributed by atoms with E-state index in [9.17, 15) is 14.4 Å². The third-order valence-corrected chi connectivity index (χ3v) is 2.38. The van der Waals surface area contributed by atoms with Gasteiger partial charge in [-0.3, -0.25) is 0 Å². The first kappa shape index (κ1) is 20.8. The van der Waals surface area contributed by atoms with Crippen molar-refractivity contribution in [3.8, 4) is 0 Å². The lowest BCUT2D eigenvalue weighted by Crippen LogP contribution is -2.36. The number of amides is 2. The molecule has 0 aliphatic carbocycles. The largest absolute Gasteiger partial charge is 0.461 e. The van der Waals surface area contributed by atoms with Crippen LogP contribution in [0.25, 0.3) is 0 Å². The topological polar surface area (TPSA) is 103 Å². The van der Waals surface area contributed by atoms with Crippen molar-refractivity contribution in [1.82, 2.24) is 10.6 Å². The van der Waals surface area contributed by atoms with Gasteiger partial charge in [0.1, 0.15) is 19.8 Å². The zero-order valence-electron chi connectivity index (χ0n) is 14.1. The fraction of sp³-hybridized carbons (Fsp3) is 0.667. The summed E-state index contributed by atoms with van der Waals surface area (Å²) in [5.41, 5.74) is -0.527. The summed E-state index contributed by atoms with van der Waals surface area (Å²) < 4.78 is 14.8. The van der Waals surface area contributed by atoms with Gasteiger partial charge in [-0.05, 0) is 13.8 Å². The van der Waals surface area contributed by atoms with Crippen LogP contribution in [0.3, 0.4) is 0 Å². The van der Waals surface area contributed by atoms with Gasteiger partial charge in [-0.2, -0.15) is 0 Å². The average Bonchev–Trinajstić information content (AvgIpc) is 2.47. The second-order valence-corrected chi connectivity index (χ2v) is 5.91. The highest BCUT2D eigenvalue weighted by molar-refractivity contribution is 5.81. The third kappa shape index (κ3) is 12.0. The normalized spacial score (nSPS) is 10.7. The molecule has 0 aliphatic rings. The second kappa shape index (κ2) is 10.5. The Labute approximate surface area is 136 Å². The number of ether oxygens (including phenoxy) is 3. The van der Waals surface area contributed by atoms with Gasteiger partial charge in [-0.25, -0.2) is 14.4 Å². The molecule has 0 heterocycles. The van der Waals surface area contributed by atoms with Crippen LogP contribution in [0.15, 0.2) is 12.7 Å². The zero-order valence-corrected chi connectivity index (χ0v) is 14.1. The molecule has 0 spiro atoms. The summed E-state index contributed by atoms with van der Waals surface area (Å²) >= 11 is 0. The maximum Gasteiger partial charge on any atom is 0.407 e. The Morgan fingerprint density at radius 1 is 1.09 bits per heavy atom. The van der Waals surface area contributed by atoms with Crippen molar-refractivity contribution < 1.29 is 28.6 Å². The van der Waals surface area contributed by atoms with Crippen molar-refractivity contribution in [3.05, 3.63) is 12.7 Å². The Bertz CT molecular complexity index is 420. The lowest BCUT2D eigenvalue weighted by Gasteiger charge is -2.24. The van der Waals surface area contributed by atoms with Crippen molar-refractivity contribution in [3.63, 3.8) is 0 Å². The zero-order chi connectivity index (χ0) is 17.9. The van der Waals surface area contributed by atoms with Crippen LogP contribution in [0.4, 0.5) is 9.59 Å². The molecule has 0 aromatic carbocycles. The molecule has 0 unspecified atom stereocenters. The molecule has 0 fully saturated rings. The van der Waals surface area contributed by atoms with Crippen molar-refractivity contribution in [2.45, 2.75) is 33.7 Å². The van der Waals surface area contributed by atoms with Gasteiger partial charge >= 0.3 is 18.2 Å². The smallest absolute Gasteiger partial charge is 0.407 e. The molecule has 132 valence electrons. The van der Waals surface area contributed by atoms with Gasteiger partial charge in [-0.15, -0.1) is 0 Å². The Morgan fingerprint density at radius 2 is 1.65 bits per heavy atom. The molecular weight excluding hydrogens is 304 g/mol. The van der Waals surface area contributed by atoms with Gasteiger partial charge in [0.15, 0.2) is 0 Å². The Kier molecular flexibility index (Phi) is 9.45. The van der Waals surface area contributed by atoms with Crippen LogP contribution in [0, 0.1) is 5.41 Å². The molecule has 0 bridgehead atoms. The summed E-state index contributed by atoms with van der Waals surface area (Å²) in [5.74, 6) is -0.557. The summed E-state index contributed by atoms with van der Waals surface area (Å²) in [6.07, 6.45) is -0.114. The molecular formula is C15H26N2O6. The summed E-state index contributed by atoms with van der Waals surface area (Å²) in [4.78, 5) is 33.6. The van der Waals surface area contributed by atoms with Crippen LogP contribution in [0.2, 0.25) is 0 Å². The van der Waals surface area contributed by atoms with E-state index in [1.807, 2.05) is 13.8 Å². The van der Waals surface area contributed by atoms with Gasteiger partial charge in [0.05, 0.1) is 6.54 Å². The first-order valence-electron chi connectivity index (χ1n) is 7.29. The predicted molar refractivity (Wildman–Crippen MR) is 83.9 cm³/mol. The highest BCUT2D eigenvalue weighted by Gasteiger charge is 2.23. The van der Waals surface area contributed by atoms with Crippen LogP contribution in [0.5, 0.6) is 0 Å². The van der Waals surface area contributed by atoms with E-state index in [0.717, 1.165) is 6.08 Å². The molecule has 0 aliphatic heterocycles. The van der Waals surface area contributed by atoms with Crippen LogP contribution >= 0.6 is 0 Å². The fourth-order valence-electron chi connectivity index (χ4n) is 1.26. The van der Waals surface area contributed by atoms with E-state index >= 15 is 0 Å². The van der Waals surface area contributed by atoms with Crippen molar-refractivity contribution >= 4 is 18.2 Å². The molecule has 0 radical (unpaired) electrons. The first-order chi connectivity index (χ1) is 10.7. The number of hydrogen-bond donors (Lipinski definition) is 2. The van der Waals surface area contributed by atoms with Gasteiger partial charge in [0.25, 0.3) is 0 Å². The SMILES string of the molecule is C=CC(=O)OCCNC(=O)OCC(C)(C)COC(=O)NC(C)C. The molecule has 23 heavy (non-hydrogen) atoms. The highest BCUT2D eigenvalue weighted by Crippen LogP contribution is 2.16. The van der Waals surface area contributed by atoms with Gasteiger partial charge in [0, 0.05) is 17.5 Å². The Hall–Kier alpha value is -2.25. The van der Waals surface area contributed by atoms with Crippen molar-refractivity contribution in [2.75, 3.05) is 26.4 Å².